The van der Waals surface area contributed by atoms with E-state index in [2.05, 4.69) is 13.8 Å². The molecule has 1 fully saturated rings. The van der Waals surface area contributed by atoms with Crippen molar-refractivity contribution >= 4 is 0 Å². The van der Waals surface area contributed by atoms with Crippen LogP contribution in [0.4, 0.5) is 0 Å². The summed E-state index contributed by atoms with van der Waals surface area (Å²) in [6.45, 7) is 4.52. The second-order valence-electron chi connectivity index (χ2n) is 4.80. The molecule has 0 heterocycles. The molecule has 15 heavy (non-hydrogen) atoms. The molecule has 0 aliphatic heterocycles. The molecule has 1 aliphatic rings. The molecule has 2 unspecified atom stereocenters. The minimum Gasteiger partial charge on any atom is -0.508 e. The second-order valence-corrected chi connectivity index (χ2v) is 4.80. The molecule has 1 aromatic rings. The van der Waals surface area contributed by atoms with Crippen LogP contribution in [0.25, 0.3) is 0 Å². The summed E-state index contributed by atoms with van der Waals surface area (Å²) in [5.74, 6) is 1.12. The van der Waals surface area contributed by atoms with Gasteiger partial charge in [-0.25, -0.2) is 0 Å². The molecule has 1 saturated carbocycles. The van der Waals surface area contributed by atoms with Crippen molar-refractivity contribution in [3.05, 3.63) is 29.8 Å². The molecule has 0 bridgehead atoms. The molecule has 0 saturated heterocycles. The smallest absolute Gasteiger partial charge is 0.119 e. The molecule has 2 N–H and O–H groups in total. The summed E-state index contributed by atoms with van der Waals surface area (Å²) in [5.41, 5.74) is 0.999. The summed E-state index contributed by atoms with van der Waals surface area (Å²) in [6, 6.07) is 7.49. The Morgan fingerprint density at radius 2 is 2.07 bits per heavy atom. The van der Waals surface area contributed by atoms with Gasteiger partial charge >= 0.3 is 0 Å². The van der Waals surface area contributed by atoms with Gasteiger partial charge in [-0.15, -0.1) is 0 Å². The third-order valence-corrected chi connectivity index (χ3v) is 3.81. The topological polar surface area (TPSA) is 40.5 Å². The fourth-order valence-electron chi connectivity index (χ4n) is 2.79. The van der Waals surface area contributed by atoms with Gasteiger partial charge in [0.1, 0.15) is 5.75 Å². The maximum Gasteiger partial charge on any atom is 0.119 e. The van der Waals surface area contributed by atoms with Crippen LogP contribution in [0.15, 0.2) is 24.3 Å². The van der Waals surface area contributed by atoms with E-state index in [4.69, 9.17) is 0 Å². The lowest BCUT2D eigenvalue weighted by atomic mass is 9.82. The van der Waals surface area contributed by atoms with Crippen LogP contribution in [0, 0.1) is 11.8 Å². The zero-order valence-electron chi connectivity index (χ0n) is 9.27. The Hall–Kier alpha value is -1.02. The Labute approximate surface area is 90.6 Å². The Bertz CT molecular complexity index is 359. The van der Waals surface area contributed by atoms with E-state index in [1.54, 1.807) is 6.07 Å². The molecular formula is C13H18O2. The minimum absolute atomic E-state index is 0.0000926. The van der Waals surface area contributed by atoms with Gasteiger partial charge in [-0.05, 0) is 24.3 Å². The zero-order chi connectivity index (χ0) is 11.1. The normalized spacial score (nSPS) is 29.5. The van der Waals surface area contributed by atoms with Crippen LogP contribution < -0.4 is 0 Å². The maximum absolute atomic E-state index is 9.87. The Balaban J connectivity index is 2.40. The second kappa shape index (κ2) is 3.53. The highest BCUT2D eigenvalue weighted by atomic mass is 16.3. The van der Waals surface area contributed by atoms with Crippen molar-refractivity contribution in [1.82, 2.24) is 0 Å². The molecule has 82 valence electrons. The van der Waals surface area contributed by atoms with Crippen molar-refractivity contribution < 1.29 is 10.2 Å². The largest absolute Gasteiger partial charge is 0.508 e. The van der Waals surface area contributed by atoms with Crippen molar-refractivity contribution in [3.63, 3.8) is 0 Å². The van der Waals surface area contributed by atoms with E-state index in [0.29, 0.717) is 17.6 Å². The van der Waals surface area contributed by atoms with Crippen molar-refractivity contribution in [2.75, 3.05) is 6.61 Å². The number of benzene rings is 1. The summed E-state index contributed by atoms with van der Waals surface area (Å²) in [5, 5.41) is 19.1. The van der Waals surface area contributed by atoms with Crippen LogP contribution in [-0.4, -0.2) is 16.8 Å². The number of phenols is 1. The van der Waals surface area contributed by atoms with Crippen LogP contribution in [0.2, 0.25) is 0 Å². The van der Waals surface area contributed by atoms with Gasteiger partial charge in [0.15, 0.2) is 0 Å². The Morgan fingerprint density at radius 1 is 1.40 bits per heavy atom. The fourth-order valence-corrected chi connectivity index (χ4v) is 2.79. The van der Waals surface area contributed by atoms with Gasteiger partial charge in [0, 0.05) is 17.6 Å². The van der Waals surface area contributed by atoms with E-state index < -0.39 is 0 Å². The van der Waals surface area contributed by atoms with Crippen LogP contribution in [-0.2, 0) is 5.41 Å². The summed E-state index contributed by atoms with van der Waals surface area (Å²) >= 11 is 0. The predicted molar refractivity (Wildman–Crippen MR) is 59.8 cm³/mol. The lowest BCUT2D eigenvalue weighted by Gasteiger charge is -2.23. The van der Waals surface area contributed by atoms with Crippen molar-refractivity contribution in [1.29, 1.82) is 0 Å². The number of hydrogen-bond acceptors (Lipinski definition) is 2. The summed E-state index contributed by atoms with van der Waals surface area (Å²) in [6.07, 6.45) is 0.985. The lowest BCUT2D eigenvalue weighted by Crippen LogP contribution is -2.19. The van der Waals surface area contributed by atoms with Crippen LogP contribution >= 0.6 is 0 Å². The zero-order valence-corrected chi connectivity index (χ0v) is 9.27. The molecule has 0 radical (unpaired) electrons. The van der Waals surface area contributed by atoms with E-state index in [0.717, 1.165) is 12.0 Å². The van der Waals surface area contributed by atoms with E-state index >= 15 is 0 Å². The van der Waals surface area contributed by atoms with Crippen LogP contribution in [0.3, 0.4) is 0 Å². The van der Waals surface area contributed by atoms with Gasteiger partial charge in [0.05, 0.1) is 0 Å². The van der Waals surface area contributed by atoms with Crippen molar-refractivity contribution in [2.24, 2.45) is 11.8 Å². The first-order chi connectivity index (χ1) is 7.13. The average Bonchev–Trinajstić information content (AvgIpc) is 2.94. The van der Waals surface area contributed by atoms with Crippen LogP contribution in [0.5, 0.6) is 5.75 Å². The summed E-state index contributed by atoms with van der Waals surface area (Å²) in [4.78, 5) is 0. The molecule has 0 spiro atoms. The van der Waals surface area contributed by atoms with E-state index in [1.165, 1.54) is 0 Å². The molecule has 2 heteroatoms. The fraction of sp³-hybridized carbons (Fsp3) is 0.538. The number of aliphatic hydroxyl groups excluding tert-OH is 1. The number of aromatic hydroxyl groups is 1. The Kier molecular flexibility index (Phi) is 2.47. The molecule has 1 aromatic carbocycles. The number of aliphatic hydroxyl groups is 1. The molecule has 0 amide bonds. The van der Waals surface area contributed by atoms with Crippen molar-refractivity contribution in [2.45, 2.75) is 25.7 Å². The van der Waals surface area contributed by atoms with E-state index in [-0.39, 0.29) is 12.0 Å². The first kappa shape index (κ1) is 10.5. The van der Waals surface area contributed by atoms with Gasteiger partial charge in [0.2, 0.25) is 0 Å². The van der Waals surface area contributed by atoms with Gasteiger partial charge in [0.25, 0.3) is 0 Å². The van der Waals surface area contributed by atoms with Gasteiger partial charge < -0.3 is 10.2 Å². The third kappa shape index (κ3) is 1.44. The molecular weight excluding hydrogens is 188 g/mol. The van der Waals surface area contributed by atoms with Crippen LogP contribution in [0.1, 0.15) is 25.8 Å². The number of para-hydroxylation sites is 1. The molecule has 2 rings (SSSR count). The number of hydrogen-bond donors (Lipinski definition) is 2. The lowest BCUT2D eigenvalue weighted by molar-refractivity contribution is 0.250. The van der Waals surface area contributed by atoms with E-state index in [9.17, 15) is 10.2 Å². The molecule has 2 nitrogen and oxygen atoms in total. The first-order valence-electron chi connectivity index (χ1n) is 5.52. The number of phenolic OH excluding ortho intramolecular Hbond substituents is 1. The standard InChI is InChI=1S/C13H18O2/c1-9(2)13(7-10(13)8-14)11-5-3-4-6-12(11)15/h3-6,9-10,14-15H,7-8H2,1-2H3. The van der Waals surface area contributed by atoms with Gasteiger partial charge in [-0.3, -0.25) is 0 Å². The van der Waals surface area contributed by atoms with Gasteiger partial charge in [-0.2, -0.15) is 0 Å². The van der Waals surface area contributed by atoms with Crippen molar-refractivity contribution in [3.8, 4) is 5.75 Å². The minimum atomic E-state index is 0.0000926. The maximum atomic E-state index is 9.87. The quantitative estimate of drug-likeness (QED) is 0.796. The first-order valence-corrected chi connectivity index (χ1v) is 5.52. The highest BCUT2D eigenvalue weighted by molar-refractivity contribution is 5.44. The summed E-state index contributed by atoms with van der Waals surface area (Å²) in [7, 11) is 0. The molecule has 2 atom stereocenters. The molecule has 1 aliphatic carbocycles. The Morgan fingerprint density at radius 3 is 2.53 bits per heavy atom. The third-order valence-electron chi connectivity index (χ3n) is 3.81. The molecule has 0 aromatic heterocycles. The SMILES string of the molecule is CC(C)C1(c2ccccc2O)CC1CO. The van der Waals surface area contributed by atoms with Gasteiger partial charge in [-0.1, -0.05) is 32.0 Å². The summed E-state index contributed by atoms with van der Waals surface area (Å²) < 4.78 is 0. The average molecular weight is 206 g/mol. The highest BCUT2D eigenvalue weighted by Gasteiger charge is 2.57. The van der Waals surface area contributed by atoms with E-state index in [1.807, 2.05) is 18.2 Å². The predicted octanol–water partition coefficient (Wildman–Crippen LogP) is 2.30. The monoisotopic (exact) mass is 206 g/mol. The highest BCUT2D eigenvalue weighted by Crippen LogP contribution is 2.60. The number of rotatable bonds is 3.